The molecule has 28 heavy (non-hydrogen) atoms. The monoisotopic (exact) mass is 383 g/mol. The van der Waals surface area contributed by atoms with Crippen LogP contribution in [0.25, 0.3) is 0 Å². The van der Waals surface area contributed by atoms with E-state index in [0.29, 0.717) is 11.8 Å². The predicted octanol–water partition coefficient (Wildman–Crippen LogP) is 1.17. The van der Waals surface area contributed by atoms with Crippen molar-refractivity contribution in [2.45, 2.75) is 45.1 Å². The van der Waals surface area contributed by atoms with Gasteiger partial charge in [-0.25, -0.2) is 4.98 Å². The van der Waals surface area contributed by atoms with E-state index in [9.17, 15) is 4.79 Å². The van der Waals surface area contributed by atoms with Gasteiger partial charge >= 0.3 is 0 Å². The second-order valence-corrected chi connectivity index (χ2v) is 8.98. The van der Waals surface area contributed by atoms with Gasteiger partial charge in [0.15, 0.2) is 5.82 Å². The highest BCUT2D eigenvalue weighted by Crippen LogP contribution is 2.45. The van der Waals surface area contributed by atoms with Gasteiger partial charge in [0.1, 0.15) is 5.82 Å². The lowest BCUT2D eigenvalue weighted by Gasteiger charge is -2.41. The summed E-state index contributed by atoms with van der Waals surface area (Å²) < 4.78 is 1.98. The minimum absolute atomic E-state index is 0.117. The number of hydrogen-bond acceptors (Lipinski definition) is 5. The molecule has 150 valence electrons. The number of aryl methyl sites for hydroxylation is 3. The molecule has 0 bridgehead atoms. The molecule has 0 radical (unpaired) electrons. The smallest absolute Gasteiger partial charge is 0.225 e. The summed E-state index contributed by atoms with van der Waals surface area (Å²) in [5.74, 6) is 2.72. The molecular weight excluding hydrogens is 354 g/mol. The van der Waals surface area contributed by atoms with Crippen molar-refractivity contribution in [2.75, 3.05) is 26.2 Å². The number of H-pyrrole nitrogens is 1. The van der Waals surface area contributed by atoms with E-state index in [1.807, 2.05) is 25.6 Å². The summed E-state index contributed by atoms with van der Waals surface area (Å²) in [6.45, 7) is 8.42. The van der Waals surface area contributed by atoms with Crippen LogP contribution in [0.5, 0.6) is 0 Å². The first-order valence-electron chi connectivity index (χ1n) is 10.3. The number of hydrogen-bond donors (Lipinski definition) is 1. The number of carbonyl (C=O) groups excluding carboxylic acids is 1. The van der Waals surface area contributed by atoms with Crippen LogP contribution in [0, 0.1) is 25.7 Å². The maximum absolute atomic E-state index is 12.8. The molecule has 2 saturated heterocycles. The Bertz CT molecular complexity index is 898. The van der Waals surface area contributed by atoms with E-state index in [1.54, 1.807) is 0 Å². The Morgan fingerprint density at radius 2 is 2.14 bits per heavy atom. The maximum Gasteiger partial charge on any atom is 0.225 e. The molecule has 1 aliphatic carbocycles. The molecule has 3 aliphatic rings. The standard InChI is InChI=1S/C20H29N7O/c1-13-8-17(25(3)24-13)11-26-7-6-20(19-21-14(2)22-23-19)12-27(10-16(20)9-26)18(28)15-4-5-15/h8,15-16H,4-7,9-12H2,1-3H3,(H,21,22,23)/t16-,20-/m1/s1. The number of rotatable bonds is 4. The molecule has 8 nitrogen and oxygen atoms in total. The fraction of sp³-hybridized carbons (Fsp3) is 0.700. The normalized spacial score (nSPS) is 28.0. The molecule has 3 fully saturated rings. The van der Waals surface area contributed by atoms with Crippen molar-refractivity contribution in [1.29, 1.82) is 0 Å². The van der Waals surface area contributed by atoms with E-state index in [1.165, 1.54) is 5.69 Å². The lowest BCUT2D eigenvalue weighted by molar-refractivity contribution is -0.131. The van der Waals surface area contributed by atoms with E-state index < -0.39 is 0 Å². The first kappa shape index (κ1) is 17.8. The minimum Gasteiger partial charge on any atom is -0.341 e. The lowest BCUT2D eigenvalue weighted by Crippen LogP contribution is -2.50. The number of likely N-dealkylation sites (tertiary alicyclic amines) is 2. The van der Waals surface area contributed by atoms with E-state index in [4.69, 9.17) is 4.98 Å². The van der Waals surface area contributed by atoms with Crippen molar-refractivity contribution in [3.63, 3.8) is 0 Å². The van der Waals surface area contributed by atoms with E-state index in [0.717, 1.165) is 69.3 Å². The molecule has 2 atom stereocenters. The fourth-order valence-electron chi connectivity index (χ4n) is 5.12. The minimum atomic E-state index is -0.117. The highest BCUT2D eigenvalue weighted by molar-refractivity contribution is 5.81. The first-order chi connectivity index (χ1) is 13.4. The molecule has 2 aromatic rings. The maximum atomic E-state index is 12.8. The van der Waals surface area contributed by atoms with Crippen molar-refractivity contribution in [3.05, 3.63) is 29.1 Å². The summed E-state index contributed by atoms with van der Waals surface area (Å²) >= 11 is 0. The molecule has 1 saturated carbocycles. The number of aromatic nitrogens is 5. The van der Waals surface area contributed by atoms with Crippen molar-refractivity contribution < 1.29 is 4.79 Å². The summed E-state index contributed by atoms with van der Waals surface area (Å²) in [5.41, 5.74) is 2.18. The number of nitrogens with zero attached hydrogens (tertiary/aromatic N) is 6. The fourth-order valence-corrected chi connectivity index (χ4v) is 5.12. The summed E-state index contributed by atoms with van der Waals surface area (Å²) in [6, 6.07) is 2.16. The average molecular weight is 384 g/mol. The van der Waals surface area contributed by atoms with Gasteiger partial charge in [-0.1, -0.05) is 0 Å². The number of amides is 1. The Morgan fingerprint density at radius 3 is 2.79 bits per heavy atom. The van der Waals surface area contributed by atoms with Crippen LogP contribution in [0.15, 0.2) is 6.07 Å². The summed E-state index contributed by atoms with van der Waals surface area (Å²) in [7, 11) is 2.01. The van der Waals surface area contributed by atoms with Crippen LogP contribution >= 0.6 is 0 Å². The molecule has 1 amide bonds. The first-order valence-corrected chi connectivity index (χ1v) is 10.3. The van der Waals surface area contributed by atoms with Crippen molar-refractivity contribution in [1.82, 2.24) is 34.8 Å². The Labute approximate surface area is 165 Å². The molecule has 2 aromatic heterocycles. The summed E-state index contributed by atoms with van der Waals surface area (Å²) in [5, 5.41) is 12.1. The number of aromatic amines is 1. The molecule has 5 rings (SSSR count). The topological polar surface area (TPSA) is 82.9 Å². The molecule has 0 aromatic carbocycles. The van der Waals surface area contributed by atoms with Gasteiger partial charge in [-0.3, -0.25) is 19.5 Å². The van der Waals surface area contributed by atoms with E-state index in [2.05, 4.69) is 31.2 Å². The third kappa shape index (κ3) is 2.94. The van der Waals surface area contributed by atoms with Crippen molar-refractivity contribution in [3.8, 4) is 0 Å². The molecule has 0 spiro atoms. The Morgan fingerprint density at radius 1 is 1.32 bits per heavy atom. The third-order valence-electron chi connectivity index (χ3n) is 6.81. The van der Waals surface area contributed by atoms with Gasteiger partial charge in [0, 0.05) is 45.1 Å². The Kier molecular flexibility index (Phi) is 4.08. The molecule has 1 N–H and O–H groups in total. The number of fused-ring (bicyclic) bond motifs is 1. The predicted molar refractivity (Wildman–Crippen MR) is 103 cm³/mol. The largest absolute Gasteiger partial charge is 0.341 e. The van der Waals surface area contributed by atoms with Crippen LogP contribution in [0.4, 0.5) is 0 Å². The molecule has 8 heteroatoms. The van der Waals surface area contributed by atoms with E-state index in [-0.39, 0.29) is 11.3 Å². The van der Waals surface area contributed by atoms with Crippen LogP contribution in [-0.4, -0.2) is 66.8 Å². The van der Waals surface area contributed by atoms with Crippen LogP contribution in [0.2, 0.25) is 0 Å². The van der Waals surface area contributed by atoms with Crippen molar-refractivity contribution in [2.24, 2.45) is 18.9 Å². The zero-order valence-electron chi connectivity index (χ0n) is 17.0. The number of nitrogens with one attached hydrogen (secondary N) is 1. The quantitative estimate of drug-likeness (QED) is 0.857. The molecule has 2 aliphatic heterocycles. The highest BCUT2D eigenvalue weighted by atomic mass is 16.2. The van der Waals surface area contributed by atoms with Crippen LogP contribution in [-0.2, 0) is 23.8 Å². The second-order valence-electron chi connectivity index (χ2n) is 8.98. The van der Waals surface area contributed by atoms with Gasteiger partial charge in [0.05, 0.1) is 16.8 Å². The zero-order valence-corrected chi connectivity index (χ0v) is 17.0. The molecule has 0 unspecified atom stereocenters. The molecular formula is C20H29N7O. The van der Waals surface area contributed by atoms with Gasteiger partial charge in [-0.2, -0.15) is 10.2 Å². The molecule has 4 heterocycles. The Balaban J connectivity index is 1.39. The van der Waals surface area contributed by atoms with Crippen LogP contribution in [0.1, 0.15) is 42.3 Å². The van der Waals surface area contributed by atoms with Gasteiger partial charge in [0.2, 0.25) is 5.91 Å². The van der Waals surface area contributed by atoms with Gasteiger partial charge in [-0.15, -0.1) is 0 Å². The summed E-state index contributed by atoms with van der Waals surface area (Å²) in [6.07, 6.45) is 3.09. The van der Waals surface area contributed by atoms with Crippen molar-refractivity contribution >= 4 is 5.91 Å². The van der Waals surface area contributed by atoms with Gasteiger partial charge < -0.3 is 4.90 Å². The van der Waals surface area contributed by atoms with Gasteiger partial charge in [-0.05, 0) is 45.7 Å². The lowest BCUT2D eigenvalue weighted by atomic mass is 9.72. The second kappa shape index (κ2) is 6.40. The summed E-state index contributed by atoms with van der Waals surface area (Å²) in [4.78, 5) is 22.1. The zero-order chi connectivity index (χ0) is 19.5. The van der Waals surface area contributed by atoms with Crippen LogP contribution in [0.3, 0.4) is 0 Å². The van der Waals surface area contributed by atoms with E-state index >= 15 is 0 Å². The Hall–Kier alpha value is -2.22. The van der Waals surface area contributed by atoms with Gasteiger partial charge in [0.25, 0.3) is 0 Å². The highest BCUT2D eigenvalue weighted by Gasteiger charge is 2.55. The van der Waals surface area contributed by atoms with Crippen LogP contribution < -0.4 is 0 Å². The number of piperidine rings is 1. The SMILES string of the molecule is Cc1cc(CN2CC[C@@]3(c4n[nH]c(C)n4)CN(C(=O)C4CC4)C[C@H]3C2)n(C)n1. The third-order valence-corrected chi connectivity index (χ3v) is 6.81. The number of carbonyl (C=O) groups is 1. The average Bonchev–Trinajstić information content (AvgIpc) is 3.17.